The highest BCUT2D eigenvalue weighted by atomic mass is 16.5. The van der Waals surface area contributed by atoms with Gasteiger partial charge in [-0.15, -0.1) is 0 Å². The lowest BCUT2D eigenvalue weighted by Gasteiger charge is -2.27. The van der Waals surface area contributed by atoms with Crippen molar-refractivity contribution in [2.45, 2.75) is 25.4 Å². The number of ether oxygens (including phenoxy) is 2. The molecule has 0 aromatic rings. The van der Waals surface area contributed by atoms with E-state index in [1.54, 1.807) is 14.2 Å². The van der Waals surface area contributed by atoms with E-state index in [1.165, 1.54) is 11.1 Å². The van der Waals surface area contributed by atoms with Gasteiger partial charge in [0.05, 0.1) is 19.0 Å². The van der Waals surface area contributed by atoms with Gasteiger partial charge in [0, 0.05) is 13.5 Å². The Balaban J connectivity index is 2.17. The van der Waals surface area contributed by atoms with Crippen molar-refractivity contribution in [1.29, 1.82) is 0 Å². The van der Waals surface area contributed by atoms with Gasteiger partial charge in [-0.2, -0.15) is 0 Å². The lowest BCUT2D eigenvalue weighted by Crippen LogP contribution is -2.18. The molecule has 2 rings (SSSR count). The molecule has 2 heteroatoms. The van der Waals surface area contributed by atoms with Crippen LogP contribution in [0.2, 0.25) is 0 Å². The van der Waals surface area contributed by atoms with Gasteiger partial charge in [0.15, 0.2) is 0 Å². The monoisotopic (exact) mass is 192 g/mol. The van der Waals surface area contributed by atoms with Crippen molar-refractivity contribution in [3.63, 3.8) is 0 Å². The SMILES string of the molecule is COC1=CCC2=C(C1)C(OC)C=CC2. The minimum absolute atomic E-state index is 0.164. The van der Waals surface area contributed by atoms with Crippen LogP contribution in [0.3, 0.4) is 0 Å². The van der Waals surface area contributed by atoms with Crippen molar-refractivity contribution in [3.05, 3.63) is 35.1 Å². The summed E-state index contributed by atoms with van der Waals surface area (Å²) in [6, 6.07) is 0. The van der Waals surface area contributed by atoms with E-state index in [0.717, 1.165) is 25.0 Å². The Morgan fingerprint density at radius 2 is 2.14 bits per heavy atom. The Labute approximate surface area is 84.9 Å². The topological polar surface area (TPSA) is 18.5 Å². The molecular weight excluding hydrogens is 176 g/mol. The van der Waals surface area contributed by atoms with Crippen LogP contribution >= 0.6 is 0 Å². The highest BCUT2D eigenvalue weighted by molar-refractivity contribution is 5.36. The van der Waals surface area contributed by atoms with E-state index in [4.69, 9.17) is 9.47 Å². The van der Waals surface area contributed by atoms with Crippen molar-refractivity contribution in [3.8, 4) is 0 Å². The summed E-state index contributed by atoms with van der Waals surface area (Å²) >= 11 is 0. The fraction of sp³-hybridized carbons (Fsp3) is 0.500. The summed E-state index contributed by atoms with van der Waals surface area (Å²) in [4.78, 5) is 0. The van der Waals surface area contributed by atoms with Crippen LogP contribution in [-0.4, -0.2) is 20.3 Å². The van der Waals surface area contributed by atoms with Gasteiger partial charge < -0.3 is 9.47 Å². The molecule has 2 nitrogen and oxygen atoms in total. The van der Waals surface area contributed by atoms with Crippen molar-refractivity contribution in [2.75, 3.05) is 14.2 Å². The zero-order chi connectivity index (χ0) is 9.97. The average molecular weight is 192 g/mol. The second-order valence-corrected chi connectivity index (χ2v) is 3.67. The van der Waals surface area contributed by atoms with Crippen LogP contribution in [-0.2, 0) is 9.47 Å². The molecule has 2 aliphatic carbocycles. The molecule has 0 aliphatic heterocycles. The van der Waals surface area contributed by atoms with Gasteiger partial charge in [0.1, 0.15) is 0 Å². The zero-order valence-electron chi connectivity index (χ0n) is 8.75. The first-order valence-corrected chi connectivity index (χ1v) is 4.98. The fourth-order valence-corrected chi connectivity index (χ4v) is 2.10. The summed E-state index contributed by atoms with van der Waals surface area (Å²) in [5, 5.41) is 0. The summed E-state index contributed by atoms with van der Waals surface area (Å²) in [7, 11) is 3.49. The molecule has 1 atom stereocenters. The molecule has 0 radical (unpaired) electrons. The maximum Gasteiger partial charge on any atom is 0.0970 e. The van der Waals surface area contributed by atoms with Crippen molar-refractivity contribution < 1.29 is 9.47 Å². The number of allylic oxidation sites excluding steroid dienone is 4. The average Bonchev–Trinajstić information content (AvgIpc) is 2.27. The molecule has 76 valence electrons. The first-order valence-electron chi connectivity index (χ1n) is 4.98. The third-order valence-electron chi connectivity index (χ3n) is 2.93. The molecule has 0 aromatic heterocycles. The van der Waals surface area contributed by atoms with E-state index in [2.05, 4.69) is 18.2 Å². The minimum Gasteiger partial charge on any atom is -0.501 e. The molecule has 0 heterocycles. The predicted octanol–water partition coefficient (Wildman–Crippen LogP) is 2.58. The highest BCUT2D eigenvalue weighted by Crippen LogP contribution is 2.33. The first-order chi connectivity index (χ1) is 6.85. The van der Waals surface area contributed by atoms with E-state index in [-0.39, 0.29) is 6.10 Å². The van der Waals surface area contributed by atoms with Crippen LogP contribution in [0.5, 0.6) is 0 Å². The van der Waals surface area contributed by atoms with E-state index in [9.17, 15) is 0 Å². The van der Waals surface area contributed by atoms with Crippen LogP contribution in [0.15, 0.2) is 35.1 Å². The molecule has 0 spiro atoms. The van der Waals surface area contributed by atoms with E-state index >= 15 is 0 Å². The zero-order valence-corrected chi connectivity index (χ0v) is 8.75. The molecule has 0 saturated heterocycles. The normalized spacial score (nSPS) is 25.9. The molecule has 0 bridgehead atoms. The Bertz CT molecular complexity index is 310. The van der Waals surface area contributed by atoms with Gasteiger partial charge in [-0.05, 0) is 24.5 Å². The molecule has 0 aromatic carbocycles. The van der Waals surface area contributed by atoms with Gasteiger partial charge in [-0.3, -0.25) is 0 Å². The Morgan fingerprint density at radius 1 is 1.29 bits per heavy atom. The number of hydrogen-bond acceptors (Lipinski definition) is 2. The van der Waals surface area contributed by atoms with Gasteiger partial charge in [-0.25, -0.2) is 0 Å². The van der Waals surface area contributed by atoms with E-state index in [1.807, 2.05) is 0 Å². The summed E-state index contributed by atoms with van der Waals surface area (Å²) in [6.07, 6.45) is 9.67. The largest absolute Gasteiger partial charge is 0.501 e. The van der Waals surface area contributed by atoms with Gasteiger partial charge >= 0.3 is 0 Å². The van der Waals surface area contributed by atoms with Gasteiger partial charge in [0.25, 0.3) is 0 Å². The summed E-state index contributed by atoms with van der Waals surface area (Å²) in [6.45, 7) is 0. The Morgan fingerprint density at radius 3 is 2.86 bits per heavy atom. The predicted molar refractivity (Wildman–Crippen MR) is 55.9 cm³/mol. The van der Waals surface area contributed by atoms with Crippen LogP contribution in [0.25, 0.3) is 0 Å². The standard InChI is InChI=1S/C12H16O2/c1-13-10-7-6-9-4-3-5-12(14-2)11(9)8-10/h3,5,7,12H,4,6,8H2,1-2H3. The molecule has 0 fully saturated rings. The first kappa shape index (κ1) is 9.53. The molecular formula is C12H16O2. The van der Waals surface area contributed by atoms with Crippen LogP contribution in [0, 0.1) is 0 Å². The molecule has 0 amide bonds. The molecule has 14 heavy (non-hydrogen) atoms. The van der Waals surface area contributed by atoms with Crippen molar-refractivity contribution >= 4 is 0 Å². The van der Waals surface area contributed by atoms with Gasteiger partial charge in [0.2, 0.25) is 0 Å². The number of hydrogen-bond donors (Lipinski definition) is 0. The molecule has 0 saturated carbocycles. The van der Waals surface area contributed by atoms with Crippen LogP contribution in [0.1, 0.15) is 19.3 Å². The minimum atomic E-state index is 0.164. The molecule has 0 N–H and O–H groups in total. The lowest BCUT2D eigenvalue weighted by molar-refractivity contribution is 0.159. The lowest BCUT2D eigenvalue weighted by atomic mass is 9.86. The third kappa shape index (κ3) is 1.62. The maximum absolute atomic E-state index is 5.43. The molecule has 1 unspecified atom stereocenters. The smallest absolute Gasteiger partial charge is 0.0970 e. The summed E-state index contributed by atoms with van der Waals surface area (Å²) < 4.78 is 10.7. The van der Waals surface area contributed by atoms with E-state index in [0.29, 0.717) is 0 Å². The maximum atomic E-state index is 5.43. The Kier molecular flexibility index (Phi) is 2.73. The quantitative estimate of drug-likeness (QED) is 0.626. The fourth-order valence-electron chi connectivity index (χ4n) is 2.10. The Hall–Kier alpha value is -1.02. The van der Waals surface area contributed by atoms with Crippen LogP contribution < -0.4 is 0 Å². The summed E-state index contributed by atoms with van der Waals surface area (Å²) in [5.41, 5.74) is 2.90. The van der Waals surface area contributed by atoms with Crippen molar-refractivity contribution in [2.24, 2.45) is 0 Å². The third-order valence-corrected chi connectivity index (χ3v) is 2.93. The highest BCUT2D eigenvalue weighted by Gasteiger charge is 2.22. The van der Waals surface area contributed by atoms with Crippen molar-refractivity contribution in [1.82, 2.24) is 0 Å². The number of rotatable bonds is 2. The van der Waals surface area contributed by atoms with Crippen LogP contribution in [0.4, 0.5) is 0 Å². The number of methoxy groups -OCH3 is 2. The molecule has 2 aliphatic rings. The van der Waals surface area contributed by atoms with E-state index < -0.39 is 0 Å². The second kappa shape index (κ2) is 4.01. The second-order valence-electron chi connectivity index (χ2n) is 3.67. The summed E-state index contributed by atoms with van der Waals surface area (Å²) in [5.74, 6) is 1.07. The van der Waals surface area contributed by atoms with Gasteiger partial charge in [-0.1, -0.05) is 17.7 Å².